The van der Waals surface area contributed by atoms with E-state index >= 15 is 0 Å². The van der Waals surface area contributed by atoms with E-state index in [1.165, 1.54) is 30.3 Å². The Hall–Kier alpha value is -7.29. The zero-order chi connectivity index (χ0) is 65.9. The normalized spacial score (nSPS) is 20.7. The third-order valence-electron chi connectivity index (χ3n) is 15.3. The van der Waals surface area contributed by atoms with Gasteiger partial charge in [0.05, 0.1) is 89.8 Å². The van der Waals surface area contributed by atoms with E-state index in [9.17, 15) is 54.6 Å². The van der Waals surface area contributed by atoms with Crippen LogP contribution in [0.5, 0.6) is 0 Å². The monoisotopic (exact) mass is 1340 g/mol. The minimum atomic E-state index is -5.08. The highest BCUT2D eigenvalue weighted by Gasteiger charge is 2.40. The summed E-state index contributed by atoms with van der Waals surface area (Å²) in [7, 11) is -7.23. The molecule has 4 aromatic heterocycles. The molecular weight excluding hydrogens is 1260 g/mol. The number of aliphatic carboxylic acids is 1. The number of halogens is 5. The van der Waals surface area contributed by atoms with Crippen molar-refractivity contribution in [2.24, 2.45) is 5.73 Å². The summed E-state index contributed by atoms with van der Waals surface area (Å²) in [4.78, 5) is 66.3. The second-order valence-corrected chi connectivity index (χ2v) is 28.1. The maximum absolute atomic E-state index is 13.9. The lowest BCUT2D eigenvalue weighted by Gasteiger charge is -2.35. The summed E-state index contributed by atoms with van der Waals surface area (Å²) in [5.41, 5.74) is 10.6. The number of aromatic nitrogens is 6. The third kappa shape index (κ3) is 17.0. The van der Waals surface area contributed by atoms with Crippen molar-refractivity contribution < 1.29 is 69.2 Å². The molecule has 490 valence electrons. The number of likely N-dealkylation sites (tertiary alicyclic amines) is 2. The molecule has 26 nitrogen and oxygen atoms in total. The molecule has 4 aliphatic heterocycles. The topological polar surface area (TPSA) is 342 Å². The van der Waals surface area contributed by atoms with Gasteiger partial charge >= 0.3 is 18.2 Å². The number of aryl methyl sites for hydroxylation is 2. The van der Waals surface area contributed by atoms with Gasteiger partial charge in [0.15, 0.2) is 11.3 Å². The summed E-state index contributed by atoms with van der Waals surface area (Å²) >= 11 is 12.4. The Labute approximate surface area is 527 Å². The number of alkyl carbamates (subject to hydrolysis) is 1. The van der Waals surface area contributed by atoms with Crippen LogP contribution in [-0.2, 0) is 29.6 Å². The van der Waals surface area contributed by atoms with Crippen LogP contribution in [0.3, 0.4) is 0 Å². The number of aliphatic hydroxyl groups is 2. The SMILES string of the molecule is Cc1cn2nc([C@@H]3CCCCN3C(=O)c3cc(Cl)ccc3NS(C)(=O)=O)cc2nc1N1C[C@@H](N)C[C@H]1CO.Cc1cn2nc([C@@H]3CCCCN3C(=O)c3cc(Cl)ccc3NS(C)(=O)=O)cc2nc1N1C[C@@H](NC(=O)OC(C)(C)C)C[C@H]1CO.O=C(O)C(F)(F)F. The number of nitrogens with zero attached hydrogens (tertiary/aromatic N) is 10. The fourth-order valence-electron chi connectivity index (χ4n) is 11.5. The van der Waals surface area contributed by atoms with E-state index in [1.54, 1.807) is 45.7 Å². The number of hydrogen-bond donors (Lipinski definition) is 7. The number of carboxylic acid groups (broad SMARTS) is 1. The Balaban J connectivity index is 0.000000212. The predicted octanol–water partition coefficient (Wildman–Crippen LogP) is 6.86. The number of sulfonamides is 2. The van der Waals surface area contributed by atoms with Crippen LogP contribution < -0.4 is 30.3 Å². The fraction of sp³-hybridized carbons (Fsp3) is 0.509. The van der Waals surface area contributed by atoms with Crippen molar-refractivity contribution in [3.05, 3.63) is 105 Å². The van der Waals surface area contributed by atoms with Crippen molar-refractivity contribution >= 4 is 101 Å². The van der Waals surface area contributed by atoms with Crippen molar-refractivity contribution in [3.63, 3.8) is 0 Å². The molecule has 90 heavy (non-hydrogen) atoms. The quantitative estimate of drug-likeness (QED) is 0.0621. The molecular formula is C57H73Cl2F3N14O12S2. The second-order valence-electron chi connectivity index (χ2n) is 23.7. The summed E-state index contributed by atoms with van der Waals surface area (Å²) in [5, 5.41) is 40.3. The maximum Gasteiger partial charge on any atom is 0.490 e. The smallest absolute Gasteiger partial charge is 0.475 e. The summed E-state index contributed by atoms with van der Waals surface area (Å²) in [5.74, 6) is -1.98. The molecule has 6 atom stereocenters. The zero-order valence-corrected chi connectivity index (χ0v) is 53.6. The number of aliphatic hydroxyl groups excluding tert-OH is 2. The van der Waals surface area contributed by atoms with Gasteiger partial charge in [-0.25, -0.2) is 45.4 Å². The Bertz CT molecular complexity index is 3890. The molecule has 0 unspecified atom stereocenters. The summed E-state index contributed by atoms with van der Waals surface area (Å²) < 4.78 is 93.2. The van der Waals surface area contributed by atoms with Crippen molar-refractivity contribution in [1.29, 1.82) is 0 Å². The maximum atomic E-state index is 13.9. The molecule has 0 bridgehead atoms. The number of fused-ring (bicyclic) bond motifs is 2. The molecule has 8 heterocycles. The summed E-state index contributed by atoms with van der Waals surface area (Å²) in [6.07, 6.45) is 6.30. The van der Waals surface area contributed by atoms with Gasteiger partial charge < -0.3 is 50.7 Å². The average Bonchev–Trinajstić information content (AvgIpc) is 1.67. The van der Waals surface area contributed by atoms with Gasteiger partial charge in [-0.15, -0.1) is 0 Å². The van der Waals surface area contributed by atoms with E-state index in [2.05, 4.69) is 19.7 Å². The second kappa shape index (κ2) is 27.7. The number of nitrogens with two attached hydrogens (primary N) is 1. The highest BCUT2D eigenvalue weighted by Crippen LogP contribution is 2.38. The number of alkyl halides is 3. The van der Waals surface area contributed by atoms with Crippen LogP contribution in [0.1, 0.15) is 127 Å². The molecule has 3 amide bonds. The molecule has 0 spiro atoms. The molecule has 0 aliphatic carbocycles. The largest absolute Gasteiger partial charge is 0.490 e. The Morgan fingerprint density at radius 2 is 1.11 bits per heavy atom. The number of carboxylic acids is 1. The first kappa shape index (κ1) is 68.6. The number of anilines is 4. The molecule has 0 radical (unpaired) electrons. The van der Waals surface area contributed by atoms with E-state index in [-0.39, 0.29) is 83.8 Å². The molecule has 4 fully saturated rings. The van der Waals surface area contributed by atoms with E-state index in [1.807, 2.05) is 43.3 Å². The van der Waals surface area contributed by atoms with E-state index in [0.717, 1.165) is 55.1 Å². The lowest BCUT2D eigenvalue weighted by molar-refractivity contribution is -0.192. The number of rotatable bonds is 13. The minimum Gasteiger partial charge on any atom is -0.475 e. The molecule has 0 saturated carbocycles. The molecule has 2 aromatic carbocycles. The van der Waals surface area contributed by atoms with Gasteiger partial charge in [-0.05, 0) is 122 Å². The van der Waals surface area contributed by atoms with Crippen LogP contribution >= 0.6 is 23.2 Å². The zero-order valence-electron chi connectivity index (χ0n) is 50.4. The number of hydrogen-bond acceptors (Lipinski definition) is 18. The number of benzene rings is 2. The molecule has 4 aliphatic rings. The number of nitrogens with one attached hydrogen (secondary N) is 3. The minimum absolute atomic E-state index is 0.00331. The number of amides is 3. The number of carbonyl (C=O) groups excluding carboxylic acids is 3. The van der Waals surface area contributed by atoms with Gasteiger partial charge in [0.1, 0.15) is 17.2 Å². The van der Waals surface area contributed by atoms with Crippen LogP contribution in [0, 0.1) is 13.8 Å². The molecule has 10 rings (SSSR count). The number of carbonyl (C=O) groups is 4. The van der Waals surface area contributed by atoms with Crippen molar-refractivity contribution in [2.45, 2.75) is 134 Å². The predicted molar refractivity (Wildman–Crippen MR) is 331 cm³/mol. The molecule has 4 saturated heterocycles. The van der Waals surface area contributed by atoms with Crippen LogP contribution in [0.25, 0.3) is 11.3 Å². The van der Waals surface area contributed by atoms with Gasteiger partial charge in [0, 0.05) is 77.9 Å². The van der Waals surface area contributed by atoms with Gasteiger partial charge in [-0.2, -0.15) is 23.4 Å². The molecule has 6 aromatic rings. The van der Waals surface area contributed by atoms with Crippen LogP contribution in [0.2, 0.25) is 10.0 Å². The van der Waals surface area contributed by atoms with E-state index < -0.39 is 43.9 Å². The van der Waals surface area contributed by atoms with Gasteiger partial charge in [0.25, 0.3) is 11.8 Å². The van der Waals surface area contributed by atoms with E-state index in [4.69, 9.17) is 63.7 Å². The first-order chi connectivity index (χ1) is 42.1. The number of piperidine rings is 2. The Morgan fingerprint density at radius 3 is 1.51 bits per heavy atom. The van der Waals surface area contributed by atoms with Crippen LogP contribution in [0.4, 0.5) is 41.0 Å². The third-order valence-corrected chi connectivity index (χ3v) is 16.9. The lowest BCUT2D eigenvalue weighted by atomic mass is 9.98. The highest BCUT2D eigenvalue weighted by atomic mass is 35.5. The van der Waals surface area contributed by atoms with Gasteiger partial charge in [-0.1, -0.05) is 23.2 Å². The Morgan fingerprint density at radius 1 is 0.689 bits per heavy atom. The van der Waals surface area contributed by atoms with Gasteiger partial charge in [-0.3, -0.25) is 19.0 Å². The first-order valence-corrected chi connectivity index (χ1v) is 33.3. The van der Waals surface area contributed by atoms with Crippen molar-refractivity contribution in [1.82, 2.24) is 44.3 Å². The first-order valence-electron chi connectivity index (χ1n) is 28.8. The standard InChI is InChI=1S/C30H40ClN7O6S.C25H32ClN7O4S.C2HF3O2/c1-18-15-38-26(33-27(18)37-16-20(13-21(37)17-39)32-29(41)44-30(2,3)4)14-24(34-38)25-8-6-7-11-36(25)28(40)22-12-19(31)9-10-23(22)35-45(5,42)43;1-15-12-33-23(28-24(15)32-13-17(27)10-18(32)14-34)11-21(29-33)22-5-3-4-8-31(22)25(35)19-9-16(26)6-7-20(19)30-38(2,36)37;3-2(4,5)1(6)7/h9-10,12,14-15,20-21,25,35,39H,6-8,11,13,16-17H2,1-5H3,(H,32,41);6-7,9,11-12,17-18,22,30,34H,3-5,8,10,13-14,27H2,1-2H3;(H,6,7)/t20-,21-,25-;17-,18-,22-;/m00./s1. The van der Waals surface area contributed by atoms with Crippen molar-refractivity contribution in [2.75, 3.05) is 71.1 Å². The van der Waals surface area contributed by atoms with E-state index in [0.29, 0.717) is 90.4 Å². The Kier molecular flexibility index (Phi) is 21.1. The van der Waals surface area contributed by atoms with Crippen molar-refractivity contribution in [3.8, 4) is 0 Å². The van der Waals surface area contributed by atoms with Gasteiger partial charge in [0.2, 0.25) is 20.0 Å². The highest BCUT2D eigenvalue weighted by molar-refractivity contribution is 7.92. The van der Waals surface area contributed by atoms with Crippen LogP contribution in [0.15, 0.2) is 60.9 Å². The molecule has 8 N–H and O–H groups in total. The summed E-state index contributed by atoms with van der Waals surface area (Å²) in [6.45, 7) is 11.2. The number of ether oxygens (including phenoxy) is 1. The fourth-order valence-corrected chi connectivity index (χ4v) is 13.0. The van der Waals surface area contributed by atoms with Crippen LogP contribution in [-0.4, -0.2) is 183 Å². The lowest BCUT2D eigenvalue weighted by Crippen LogP contribution is -2.40. The summed E-state index contributed by atoms with van der Waals surface area (Å²) in [6, 6.07) is 11.5. The average molecular weight is 1340 g/mol. The molecule has 33 heteroatoms.